The highest BCUT2D eigenvalue weighted by molar-refractivity contribution is 7.92. The van der Waals surface area contributed by atoms with E-state index >= 15 is 0 Å². The van der Waals surface area contributed by atoms with Crippen molar-refractivity contribution in [2.24, 2.45) is 0 Å². The minimum atomic E-state index is -3.84. The number of anilines is 1. The van der Waals surface area contributed by atoms with Crippen molar-refractivity contribution in [2.45, 2.75) is 4.90 Å². The number of aromatic nitrogens is 4. The second-order valence-electron chi connectivity index (χ2n) is 7.17. The molecule has 7 nitrogen and oxygen atoms in total. The van der Waals surface area contributed by atoms with Gasteiger partial charge in [-0.3, -0.25) is 4.72 Å². The molecule has 0 aliphatic rings. The third-order valence-corrected chi connectivity index (χ3v) is 6.72. The van der Waals surface area contributed by atoms with Crippen molar-refractivity contribution in [2.75, 3.05) is 4.72 Å². The summed E-state index contributed by atoms with van der Waals surface area (Å²) in [7, 11) is -3.84. The number of hydrogen-bond acceptors (Lipinski definition) is 5. The van der Waals surface area contributed by atoms with Gasteiger partial charge in [0.05, 0.1) is 10.6 Å². The maximum atomic E-state index is 13.6. The standard InChI is InChI=1S/C23H15ClFN5O2S/c24-22-20(30-33(31,32)17-4-2-1-3-5-17)9-16(11-27-22)15-8-18-19(13-29-23(18)28-12-15)14-6-7-26-21(25)10-14/h1-13,30H,(H,28,29). The number of aromatic amines is 1. The van der Waals surface area contributed by atoms with Gasteiger partial charge in [0, 0.05) is 52.9 Å². The molecule has 0 radical (unpaired) electrons. The number of nitrogens with zero attached hydrogens (tertiary/aromatic N) is 3. The monoisotopic (exact) mass is 479 g/mol. The van der Waals surface area contributed by atoms with Gasteiger partial charge in [-0.25, -0.2) is 23.4 Å². The second kappa shape index (κ2) is 8.27. The molecule has 0 aliphatic carbocycles. The molecule has 0 spiro atoms. The molecule has 4 aromatic heterocycles. The number of pyridine rings is 3. The van der Waals surface area contributed by atoms with E-state index in [-0.39, 0.29) is 15.7 Å². The molecular weight excluding hydrogens is 465 g/mol. The Kier molecular flexibility index (Phi) is 5.27. The van der Waals surface area contributed by atoms with Crippen LogP contribution in [-0.2, 0) is 10.0 Å². The van der Waals surface area contributed by atoms with E-state index in [1.165, 1.54) is 30.6 Å². The number of halogens is 2. The van der Waals surface area contributed by atoms with Gasteiger partial charge in [0.1, 0.15) is 5.65 Å². The van der Waals surface area contributed by atoms with Crippen molar-refractivity contribution < 1.29 is 12.8 Å². The Morgan fingerprint density at radius 1 is 0.909 bits per heavy atom. The van der Waals surface area contributed by atoms with E-state index in [4.69, 9.17) is 11.6 Å². The Bertz CT molecular complexity index is 1590. The fourth-order valence-corrected chi connectivity index (χ4v) is 4.74. The lowest BCUT2D eigenvalue weighted by molar-refractivity contribution is 0.584. The summed E-state index contributed by atoms with van der Waals surface area (Å²) >= 11 is 6.17. The Labute approximate surface area is 193 Å². The molecule has 0 saturated heterocycles. The molecule has 0 unspecified atom stereocenters. The van der Waals surface area contributed by atoms with Crippen molar-refractivity contribution in [1.82, 2.24) is 19.9 Å². The largest absolute Gasteiger partial charge is 0.346 e. The lowest BCUT2D eigenvalue weighted by atomic mass is 10.0. The molecule has 0 aliphatic heterocycles. The van der Waals surface area contributed by atoms with Crippen LogP contribution in [0.5, 0.6) is 0 Å². The zero-order valence-corrected chi connectivity index (χ0v) is 18.4. The second-order valence-corrected chi connectivity index (χ2v) is 9.21. The molecule has 10 heteroatoms. The van der Waals surface area contributed by atoms with Crippen LogP contribution in [-0.4, -0.2) is 28.4 Å². The number of H-pyrrole nitrogens is 1. The fourth-order valence-electron chi connectivity index (χ4n) is 3.45. The van der Waals surface area contributed by atoms with Crippen molar-refractivity contribution in [3.8, 4) is 22.3 Å². The first-order valence-electron chi connectivity index (χ1n) is 9.73. The van der Waals surface area contributed by atoms with Gasteiger partial charge >= 0.3 is 0 Å². The van der Waals surface area contributed by atoms with E-state index in [1.54, 1.807) is 42.7 Å². The number of sulfonamides is 1. The van der Waals surface area contributed by atoms with Gasteiger partial charge in [-0.15, -0.1) is 0 Å². The van der Waals surface area contributed by atoms with E-state index in [1.807, 2.05) is 6.07 Å². The number of hydrogen-bond donors (Lipinski definition) is 2. The smallest absolute Gasteiger partial charge is 0.261 e. The van der Waals surface area contributed by atoms with Crippen LogP contribution < -0.4 is 4.72 Å². The normalized spacial score (nSPS) is 11.6. The molecule has 4 heterocycles. The highest BCUT2D eigenvalue weighted by Crippen LogP contribution is 2.33. The van der Waals surface area contributed by atoms with E-state index in [9.17, 15) is 12.8 Å². The lowest BCUT2D eigenvalue weighted by Gasteiger charge is -2.11. The van der Waals surface area contributed by atoms with E-state index in [0.29, 0.717) is 22.3 Å². The number of nitrogens with one attached hydrogen (secondary N) is 2. The Balaban J connectivity index is 1.55. The van der Waals surface area contributed by atoms with Crippen molar-refractivity contribution in [3.63, 3.8) is 0 Å². The summed E-state index contributed by atoms with van der Waals surface area (Å²) in [4.78, 5) is 15.3. The van der Waals surface area contributed by atoms with Crippen LogP contribution in [0.15, 0.2) is 84.3 Å². The summed E-state index contributed by atoms with van der Waals surface area (Å²) in [6.07, 6.45) is 6.31. The average Bonchev–Trinajstić information content (AvgIpc) is 3.24. The van der Waals surface area contributed by atoms with Crippen LogP contribution in [0.4, 0.5) is 10.1 Å². The summed E-state index contributed by atoms with van der Waals surface area (Å²) in [5, 5.41) is 0.779. The molecule has 164 valence electrons. The first-order valence-corrected chi connectivity index (χ1v) is 11.6. The van der Waals surface area contributed by atoms with Crippen molar-refractivity contribution >= 4 is 38.3 Å². The van der Waals surface area contributed by atoms with Crippen molar-refractivity contribution in [3.05, 3.63) is 90.5 Å². The van der Waals surface area contributed by atoms with Crippen LogP contribution in [0, 0.1) is 5.95 Å². The van der Waals surface area contributed by atoms with Gasteiger partial charge in [0.15, 0.2) is 5.15 Å². The molecule has 0 fully saturated rings. The highest BCUT2D eigenvalue weighted by Gasteiger charge is 2.17. The molecule has 5 rings (SSSR count). The van der Waals surface area contributed by atoms with Gasteiger partial charge in [-0.05, 0) is 35.9 Å². The van der Waals surface area contributed by atoms with Crippen LogP contribution in [0.25, 0.3) is 33.3 Å². The topological polar surface area (TPSA) is 101 Å². The maximum absolute atomic E-state index is 13.6. The Hall–Kier alpha value is -3.82. The van der Waals surface area contributed by atoms with Crippen LogP contribution >= 0.6 is 11.6 Å². The molecule has 0 saturated carbocycles. The lowest BCUT2D eigenvalue weighted by Crippen LogP contribution is -2.13. The minimum Gasteiger partial charge on any atom is -0.346 e. The molecule has 5 aromatic rings. The zero-order chi connectivity index (χ0) is 23.0. The highest BCUT2D eigenvalue weighted by atomic mass is 35.5. The van der Waals surface area contributed by atoms with Crippen LogP contribution in [0.3, 0.4) is 0 Å². The number of rotatable bonds is 5. The Morgan fingerprint density at radius 2 is 1.67 bits per heavy atom. The molecule has 1 aromatic carbocycles. The first-order chi connectivity index (χ1) is 15.9. The van der Waals surface area contributed by atoms with E-state index < -0.39 is 16.0 Å². The molecule has 0 amide bonds. The first kappa shape index (κ1) is 21.0. The predicted octanol–water partition coefficient (Wildman–Crippen LogP) is 5.28. The third kappa shape index (κ3) is 4.15. The van der Waals surface area contributed by atoms with Gasteiger partial charge in [-0.2, -0.15) is 4.39 Å². The van der Waals surface area contributed by atoms with Crippen LogP contribution in [0.2, 0.25) is 5.15 Å². The summed E-state index contributed by atoms with van der Waals surface area (Å²) in [6, 6.07) is 14.5. The zero-order valence-electron chi connectivity index (χ0n) is 16.8. The van der Waals surface area contributed by atoms with Gasteiger partial charge in [0.2, 0.25) is 5.95 Å². The molecule has 2 N–H and O–H groups in total. The van der Waals surface area contributed by atoms with Gasteiger partial charge in [-0.1, -0.05) is 29.8 Å². The molecule has 33 heavy (non-hydrogen) atoms. The SMILES string of the molecule is O=S(=O)(Nc1cc(-c2cnc3[nH]cc(-c4ccnc(F)c4)c3c2)cnc1Cl)c1ccccc1. The van der Waals surface area contributed by atoms with E-state index in [2.05, 4.69) is 24.7 Å². The minimum absolute atomic E-state index is 0.0156. The summed E-state index contributed by atoms with van der Waals surface area (Å²) in [5.41, 5.74) is 3.46. The van der Waals surface area contributed by atoms with E-state index in [0.717, 1.165) is 10.9 Å². The predicted molar refractivity (Wildman–Crippen MR) is 125 cm³/mol. The maximum Gasteiger partial charge on any atom is 0.261 e. The van der Waals surface area contributed by atoms with Gasteiger partial charge in [0.25, 0.3) is 10.0 Å². The molecular formula is C23H15ClFN5O2S. The number of fused-ring (bicyclic) bond motifs is 1. The van der Waals surface area contributed by atoms with Crippen molar-refractivity contribution in [1.29, 1.82) is 0 Å². The van der Waals surface area contributed by atoms with Crippen LogP contribution in [0.1, 0.15) is 0 Å². The summed E-state index contributed by atoms with van der Waals surface area (Å²) in [6.45, 7) is 0. The summed E-state index contributed by atoms with van der Waals surface area (Å²) in [5.74, 6) is -0.580. The number of benzene rings is 1. The Morgan fingerprint density at radius 3 is 2.45 bits per heavy atom. The fraction of sp³-hybridized carbons (Fsp3) is 0. The average molecular weight is 480 g/mol. The quantitative estimate of drug-likeness (QED) is 0.334. The van der Waals surface area contributed by atoms with Gasteiger partial charge < -0.3 is 4.98 Å². The molecule has 0 atom stereocenters. The third-order valence-electron chi connectivity index (χ3n) is 5.04. The summed E-state index contributed by atoms with van der Waals surface area (Å²) < 4.78 is 41.6. The molecule has 0 bridgehead atoms.